The molecule has 5 nitrogen and oxygen atoms in total. The fourth-order valence-electron chi connectivity index (χ4n) is 3.85. The van der Waals surface area contributed by atoms with Gasteiger partial charge in [0.2, 0.25) is 11.8 Å². The molecule has 20 heavy (non-hydrogen) atoms. The average molecular weight is 278 g/mol. The second kappa shape index (κ2) is 4.88. The van der Waals surface area contributed by atoms with Crippen LogP contribution < -0.4 is 0 Å². The highest BCUT2D eigenvalue weighted by atomic mass is 16.5. The molecule has 1 saturated carbocycles. The van der Waals surface area contributed by atoms with Gasteiger partial charge in [0.25, 0.3) is 0 Å². The van der Waals surface area contributed by atoms with Crippen LogP contribution in [0.25, 0.3) is 0 Å². The van der Waals surface area contributed by atoms with E-state index in [1.54, 1.807) is 7.11 Å². The Labute approximate surface area is 119 Å². The number of rotatable bonds is 3. The highest BCUT2D eigenvalue weighted by Gasteiger charge is 2.55. The Morgan fingerprint density at radius 1 is 1.30 bits per heavy atom. The summed E-state index contributed by atoms with van der Waals surface area (Å²) in [6.45, 7) is 6.65. The molecule has 2 heterocycles. The summed E-state index contributed by atoms with van der Waals surface area (Å²) < 4.78 is 5.30. The second-order valence-electron chi connectivity index (χ2n) is 6.43. The summed E-state index contributed by atoms with van der Waals surface area (Å²) in [6.07, 6.45) is 4.38. The van der Waals surface area contributed by atoms with E-state index in [9.17, 15) is 9.59 Å². The minimum atomic E-state index is 0.00730. The number of hydrogen-bond acceptors (Lipinski definition) is 3. The Balaban J connectivity index is 1.46. The summed E-state index contributed by atoms with van der Waals surface area (Å²) in [7, 11) is 1.70. The number of carbonyl (C=O) groups is 2. The molecule has 2 aliphatic heterocycles. The highest BCUT2D eigenvalue weighted by Crippen LogP contribution is 2.52. The lowest BCUT2D eigenvalue weighted by Gasteiger charge is -2.58. The number of likely N-dealkylation sites (tertiary alicyclic amines) is 2. The fraction of sp³-hybridized carbons (Fsp3) is 0.733. The van der Waals surface area contributed by atoms with E-state index in [2.05, 4.69) is 6.58 Å². The van der Waals surface area contributed by atoms with Crippen LogP contribution in [0.2, 0.25) is 0 Å². The van der Waals surface area contributed by atoms with Gasteiger partial charge in [-0.1, -0.05) is 6.58 Å². The highest BCUT2D eigenvalue weighted by molar-refractivity contribution is 5.88. The summed E-state index contributed by atoms with van der Waals surface area (Å²) >= 11 is 0. The Morgan fingerprint density at radius 3 is 2.55 bits per heavy atom. The van der Waals surface area contributed by atoms with Crippen LogP contribution in [0.5, 0.6) is 0 Å². The lowest BCUT2D eigenvalue weighted by Crippen LogP contribution is -2.65. The smallest absolute Gasteiger partial charge is 0.245 e. The molecule has 3 aliphatic rings. The maximum absolute atomic E-state index is 12.4. The van der Waals surface area contributed by atoms with Crippen LogP contribution in [-0.2, 0) is 14.3 Å². The molecule has 2 saturated heterocycles. The van der Waals surface area contributed by atoms with Gasteiger partial charge in [-0.05, 0) is 25.3 Å². The number of ether oxygens (including phenoxy) is 1. The number of hydrogen-bond donors (Lipinski definition) is 0. The van der Waals surface area contributed by atoms with Gasteiger partial charge in [0.05, 0.1) is 6.10 Å². The van der Waals surface area contributed by atoms with Crippen molar-refractivity contribution in [2.45, 2.75) is 25.4 Å². The number of carbonyl (C=O) groups excluding carboxylic acids is 2. The van der Waals surface area contributed by atoms with Gasteiger partial charge in [0.15, 0.2) is 0 Å². The van der Waals surface area contributed by atoms with Crippen LogP contribution in [-0.4, -0.2) is 61.0 Å². The normalized spacial score (nSPS) is 28.1. The van der Waals surface area contributed by atoms with Gasteiger partial charge in [-0.3, -0.25) is 9.59 Å². The third-order valence-electron chi connectivity index (χ3n) is 5.04. The molecule has 1 spiro atoms. The zero-order chi connectivity index (χ0) is 14.3. The molecule has 0 aromatic rings. The molecular formula is C15H22N2O3. The van der Waals surface area contributed by atoms with Crippen LogP contribution in [0.1, 0.15) is 19.3 Å². The fourth-order valence-corrected chi connectivity index (χ4v) is 3.85. The first kappa shape index (κ1) is 13.6. The number of methoxy groups -OCH3 is 1. The quantitative estimate of drug-likeness (QED) is 0.713. The van der Waals surface area contributed by atoms with Gasteiger partial charge in [0.1, 0.15) is 0 Å². The summed E-state index contributed by atoms with van der Waals surface area (Å²) in [4.78, 5) is 27.5. The minimum Gasteiger partial charge on any atom is -0.380 e. The molecule has 1 aliphatic carbocycles. The van der Waals surface area contributed by atoms with Crippen molar-refractivity contribution in [3.05, 3.63) is 12.7 Å². The molecule has 0 N–H and O–H groups in total. The Hall–Kier alpha value is -1.36. The molecule has 3 fully saturated rings. The minimum absolute atomic E-state index is 0.00730. The first-order chi connectivity index (χ1) is 9.57. The summed E-state index contributed by atoms with van der Waals surface area (Å²) in [5.41, 5.74) is 0.222. The van der Waals surface area contributed by atoms with E-state index in [0.29, 0.717) is 0 Å². The van der Waals surface area contributed by atoms with Gasteiger partial charge in [-0.15, -0.1) is 0 Å². The predicted octanol–water partition coefficient (Wildman–Crippen LogP) is 0.658. The van der Waals surface area contributed by atoms with E-state index in [0.717, 1.165) is 45.4 Å². The first-order valence-corrected chi connectivity index (χ1v) is 7.30. The van der Waals surface area contributed by atoms with Crippen molar-refractivity contribution >= 4 is 11.8 Å². The van der Waals surface area contributed by atoms with Crippen LogP contribution in [0.4, 0.5) is 0 Å². The molecule has 0 bridgehead atoms. The SMILES string of the molecule is C=CC(=O)N1CC2(CC(C(=O)N3CCC(OC)C3)C2)C1. The average Bonchev–Trinajstić information content (AvgIpc) is 2.83. The monoisotopic (exact) mass is 278 g/mol. The van der Waals surface area contributed by atoms with Crippen LogP contribution in [0, 0.1) is 11.3 Å². The Bertz CT molecular complexity index is 434. The van der Waals surface area contributed by atoms with Gasteiger partial charge < -0.3 is 14.5 Å². The van der Waals surface area contributed by atoms with E-state index < -0.39 is 0 Å². The lowest BCUT2D eigenvalue weighted by molar-refractivity contribution is -0.161. The standard InChI is InChI=1S/C15H22N2O3/c1-3-13(18)17-9-15(10-17)6-11(7-15)14(19)16-5-4-12(8-16)20-2/h3,11-12H,1,4-10H2,2H3. The molecular weight excluding hydrogens is 256 g/mol. The molecule has 1 unspecified atom stereocenters. The van der Waals surface area contributed by atoms with Crippen molar-refractivity contribution < 1.29 is 14.3 Å². The van der Waals surface area contributed by atoms with Crippen LogP contribution >= 0.6 is 0 Å². The van der Waals surface area contributed by atoms with Crippen molar-refractivity contribution in [1.29, 1.82) is 0 Å². The van der Waals surface area contributed by atoms with Gasteiger partial charge in [0, 0.05) is 44.6 Å². The van der Waals surface area contributed by atoms with Gasteiger partial charge in [-0.2, -0.15) is 0 Å². The maximum atomic E-state index is 12.4. The molecule has 5 heteroatoms. The molecule has 2 amide bonds. The van der Waals surface area contributed by atoms with Crippen molar-refractivity contribution in [3.8, 4) is 0 Å². The zero-order valence-electron chi connectivity index (χ0n) is 12.0. The molecule has 0 radical (unpaired) electrons. The Morgan fingerprint density at radius 2 is 2.00 bits per heavy atom. The third-order valence-corrected chi connectivity index (χ3v) is 5.04. The van der Waals surface area contributed by atoms with E-state index in [4.69, 9.17) is 4.74 Å². The summed E-state index contributed by atoms with van der Waals surface area (Å²) in [6, 6.07) is 0. The zero-order valence-corrected chi connectivity index (χ0v) is 12.0. The Kier molecular flexibility index (Phi) is 3.32. The van der Waals surface area contributed by atoms with Crippen molar-refractivity contribution in [1.82, 2.24) is 9.80 Å². The van der Waals surface area contributed by atoms with E-state index >= 15 is 0 Å². The topological polar surface area (TPSA) is 49.9 Å². The van der Waals surface area contributed by atoms with Crippen LogP contribution in [0.3, 0.4) is 0 Å². The lowest BCUT2D eigenvalue weighted by atomic mass is 9.57. The van der Waals surface area contributed by atoms with E-state index in [1.807, 2.05) is 9.80 Å². The van der Waals surface area contributed by atoms with E-state index in [1.165, 1.54) is 6.08 Å². The predicted molar refractivity (Wildman–Crippen MR) is 73.9 cm³/mol. The van der Waals surface area contributed by atoms with Crippen molar-refractivity contribution in [2.24, 2.45) is 11.3 Å². The summed E-state index contributed by atoms with van der Waals surface area (Å²) in [5.74, 6) is 0.447. The van der Waals surface area contributed by atoms with Crippen LogP contribution in [0.15, 0.2) is 12.7 Å². The first-order valence-electron chi connectivity index (χ1n) is 7.30. The molecule has 3 rings (SSSR count). The van der Waals surface area contributed by atoms with E-state index in [-0.39, 0.29) is 29.3 Å². The molecule has 110 valence electrons. The molecule has 0 aromatic heterocycles. The van der Waals surface area contributed by atoms with Crippen molar-refractivity contribution in [3.63, 3.8) is 0 Å². The third kappa shape index (κ3) is 2.14. The number of amides is 2. The maximum Gasteiger partial charge on any atom is 0.245 e. The molecule has 1 atom stereocenters. The van der Waals surface area contributed by atoms with Crippen molar-refractivity contribution in [2.75, 3.05) is 33.3 Å². The van der Waals surface area contributed by atoms with Gasteiger partial charge in [-0.25, -0.2) is 0 Å². The molecule has 0 aromatic carbocycles. The second-order valence-corrected chi connectivity index (χ2v) is 6.43. The summed E-state index contributed by atoms with van der Waals surface area (Å²) in [5, 5.41) is 0. The van der Waals surface area contributed by atoms with Gasteiger partial charge >= 0.3 is 0 Å². The largest absolute Gasteiger partial charge is 0.380 e. The number of nitrogens with zero attached hydrogens (tertiary/aromatic N) is 2.